The van der Waals surface area contributed by atoms with Crippen LogP contribution in [-0.4, -0.2) is 34.2 Å². The Balaban J connectivity index is 2.05. The van der Waals surface area contributed by atoms with Crippen LogP contribution in [0.1, 0.15) is 23.6 Å². The van der Waals surface area contributed by atoms with Gasteiger partial charge in [0.1, 0.15) is 11.2 Å². The van der Waals surface area contributed by atoms with Gasteiger partial charge >= 0.3 is 0 Å². The average molecular weight is 370 g/mol. The number of likely N-dealkylation sites (N-methyl/N-ethyl adjacent to an activating group) is 1. The van der Waals surface area contributed by atoms with Crippen LogP contribution in [0, 0.1) is 22.8 Å². The van der Waals surface area contributed by atoms with Crippen molar-refractivity contribution in [3.63, 3.8) is 0 Å². The Kier molecular flexibility index (Phi) is 4.98. The summed E-state index contributed by atoms with van der Waals surface area (Å²) in [6, 6.07) is 18.1. The molecule has 2 aromatic carbocycles. The highest BCUT2D eigenvalue weighted by atomic mass is 16.2. The van der Waals surface area contributed by atoms with Gasteiger partial charge in [-0.05, 0) is 30.2 Å². The van der Waals surface area contributed by atoms with Crippen LogP contribution in [0.25, 0.3) is 6.08 Å². The molecule has 0 radical (unpaired) electrons. The van der Waals surface area contributed by atoms with Gasteiger partial charge in [0, 0.05) is 13.5 Å². The Morgan fingerprint density at radius 1 is 1.04 bits per heavy atom. The third kappa shape index (κ3) is 3.13. The summed E-state index contributed by atoms with van der Waals surface area (Å²) in [7, 11) is 1.51. The van der Waals surface area contributed by atoms with Gasteiger partial charge in [-0.2, -0.15) is 10.5 Å². The number of nitriles is 2. The summed E-state index contributed by atoms with van der Waals surface area (Å²) >= 11 is 0. The largest absolute Gasteiger partial charge is 0.309 e. The maximum atomic E-state index is 13.2. The van der Waals surface area contributed by atoms with Crippen LogP contribution in [0.5, 0.6) is 0 Å². The molecule has 0 N–H and O–H groups in total. The zero-order chi connectivity index (χ0) is 20.3. The Labute approximate surface area is 163 Å². The summed E-state index contributed by atoms with van der Waals surface area (Å²) in [4.78, 5) is 28.5. The summed E-state index contributed by atoms with van der Waals surface area (Å²) in [6.45, 7) is 1.60. The van der Waals surface area contributed by atoms with E-state index in [1.54, 1.807) is 31.2 Å². The first-order chi connectivity index (χ1) is 13.4. The summed E-state index contributed by atoms with van der Waals surface area (Å²) in [6.07, 6.45) is 3.59. The zero-order valence-corrected chi connectivity index (χ0v) is 15.6. The highest BCUT2D eigenvalue weighted by molar-refractivity contribution is 6.09. The van der Waals surface area contributed by atoms with E-state index in [-0.39, 0.29) is 18.0 Å². The molecular formula is C22H18N4O2. The third-order valence-electron chi connectivity index (χ3n) is 4.91. The SMILES string of the molecule is CN1C(=O)C(C)(Cc2ccccc2)N(C#N)C(=O)/C1=C/c1ccccc1C#N. The van der Waals surface area contributed by atoms with E-state index < -0.39 is 11.4 Å². The molecule has 1 saturated heterocycles. The zero-order valence-electron chi connectivity index (χ0n) is 15.6. The molecular weight excluding hydrogens is 352 g/mol. The van der Waals surface area contributed by atoms with Crippen molar-refractivity contribution >= 4 is 17.9 Å². The standard InChI is InChI=1S/C22H18N4O2/c1-22(13-16-8-4-3-5-9-16)21(28)25(2)19(20(27)26(22)15-24)12-17-10-6-7-11-18(17)14-23/h3-12H,13H2,1-2H3/b19-12-. The van der Waals surface area contributed by atoms with Crippen LogP contribution in [0.2, 0.25) is 0 Å². The summed E-state index contributed by atoms with van der Waals surface area (Å²) in [5.41, 5.74) is 0.470. The topological polar surface area (TPSA) is 88.2 Å². The fraction of sp³-hybridized carbons (Fsp3) is 0.182. The van der Waals surface area contributed by atoms with Crippen molar-refractivity contribution in [3.05, 3.63) is 77.0 Å². The second-order valence-electron chi connectivity index (χ2n) is 6.77. The fourth-order valence-electron chi connectivity index (χ4n) is 3.38. The van der Waals surface area contributed by atoms with Crippen LogP contribution in [0.3, 0.4) is 0 Å². The fourth-order valence-corrected chi connectivity index (χ4v) is 3.38. The lowest BCUT2D eigenvalue weighted by atomic mass is 9.87. The Morgan fingerprint density at radius 3 is 2.32 bits per heavy atom. The molecule has 138 valence electrons. The molecule has 0 bridgehead atoms. The molecule has 0 spiro atoms. The van der Waals surface area contributed by atoms with E-state index in [2.05, 4.69) is 6.07 Å². The van der Waals surface area contributed by atoms with Gasteiger partial charge in [0.05, 0.1) is 11.6 Å². The average Bonchev–Trinajstić information content (AvgIpc) is 2.71. The van der Waals surface area contributed by atoms with Gasteiger partial charge < -0.3 is 4.90 Å². The molecule has 1 unspecified atom stereocenters. The molecule has 2 amide bonds. The van der Waals surface area contributed by atoms with E-state index in [1.807, 2.05) is 36.5 Å². The van der Waals surface area contributed by atoms with Crippen LogP contribution in [0.4, 0.5) is 0 Å². The van der Waals surface area contributed by atoms with Crippen molar-refractivity contribution in [3.8, 4) is 12.3 Å². The second kappa shape index (κ2) is 7.38. The van der Waals surface area contributed by atoms with Crippen molar-refractivity contribution in [2.24, 2.45) is 0 Å². The molecule has 6 heteroatoms. The van der Waals surface area contributed by atoms with Crippen molar-refractivity contribution in [2.45, 2.75) is 18.9 Å². The minimum Gasteiger partial charge on any atom is -0.309 e. The molecule has 1 atom stereocenters. The number of nitrogens with zero attached hydrogens (tertiary/aromatic N) is 4. The van der Waals surface area contributed by atoms with E-state index in [0.717, 1.165) is 10.5 Å². The van der Waals surface area contributed by atoms with Gasteiger partial charge in [-0.1, -0.05) is 48.5 Å². The molecule has 0 saturated carbocycles. The predicted octanol–water partition coefficient (Wildman–Crippen LogP) is 2.68. The first-order valence-electron chi connectivity index (χ1n) is 8.69. The van der Waals surface area contributed by atoms with Gasteiger partial charge in [0.15, 0.2) is 6.19 Å². The Hall–Kier alpha value is -3.90. The number of hydrogen-bond donors (Lipinski definition) is 0. The predicted molar refractivity (Wildman–Crippen MR) is 103 cm³/mol. The van der Waals surface area contributed by atoms with Crippen molar-refractivity contribution in [1.29, 1.82) is 10.5 Å². The maximum Gasteiger partial charge on any atom is 0.284 e. The second-order valence-corrected chi connectivity index (χ2v) is 6.77. The number of carbonyl (C=O) groups is 2. The quantitative estimate of drug-likeness (QED) is 0.614. The molecule has 1 aliphatic rings. The minimum atomic E-state index is -1.33. The van der Waals surface area contributed by atoms with Crippen molar-refractivity contribution in [1.82, 2.24) is 9.80 Å². The van der Waals surface area contributed by atoms with E-state index >= 15 is 0 Å². The van der Waals surface area contributed by atoms with Gasteiger partial charge in [0.25, 0.3) is 11.8 Å². The summed E-state index contributed by atoms with van der Waals surface area (Å²) < 4.78 is 0. The van der Waals surface area contributed by atoms with Crippen molar-refractivity contribution < 1.29 is 9.59 Å². The van der Waals surface area contributed by atoms with Crippen LogP contribution in [0.15, 0.2) is 60.3 Å². The molecule has 28 heavy (non-hydrogen) atoms. The number of benzene rings is 2. The minimum absolute atomic E-state index is 0.0554. The summed E-state index contributed by atoms with van der Waals surface area (Å²) in [5, 5.41) is 18.9. The van der Waals surface area contributed by atoms with Gasteiger partial charge in [-0.25, -0.2) is 4.90 Å². The normalized spacial score (nSPS) is 20.8. The van der Waals surface area contributed by atoms with Crippen molar-refractivity contribution in [2.75, 3.05) is 7.05 Å². The van der Waals surface area contributed by atoms with E-state index in [1.165, 1.54) is 18.0 Å². The number of rotatable bonds is 3. The number of amides is 2. The monoisotopic (exact) mass is 370 g/mol. The van der Waals surface area contributed by atoms with E-state index in [4.69, 9.17) is 0 Å². The van der Waals surface area contributed by atoms with Gasteiger partial charge in [-0.3, -0.25) is 9.59 Å². The molecule has 3 rings (SSSR count). The lowest BCUT2D eigenvalue weighted by molar-refractivity contribution is -0.153. The highest BCUT2D eigenvalue weighted by Crippen LogP contribution is 2.32. The van der Waals surface area contributed by atoms with Crippen LogP contribution in [-0.2, 0) is 16.0 Å². The lowest BCUT2D eigenvalue weighted by Crippen LogP contribution is -2.64. The number of carbonyl (C=O) groups excluding carboxylic acids is 2. The molecule has 1 aliphatic heterocycles. The Morgan fingerprint density at radius 2 is 1.68 bits per heavy atom. The molecule has 1 fully saturated rings. The number of hydrogen-bond acceptors (Lipinski definition) is 4. The Bertz CT molecular complexity index is 1050. The smallest absolute Gasteiger partial charge is 0.284 e. The van der Waals surface area contributed by atoms with Gasteiger partial charge in [0.2, 0.25) is 0 Å². The lowest BCUT2D eigenvalue weighted by Gasteiger charge is -2.43. The van der Waals surface area contributed by atoms with Crippen LogP contribution >= 0.6 is 0 Å². The van der Waals surface area contributed by atoms with E-state index in [9.17, 15) is 20.1 Å². The third-order valence-corrected chi connectivity index (χ3v) is 4.91. The number of piperazine rings is 1. The first kappa shape index (κ1) is 18.9. The highest BCUT2D eigenvalue weighted by Gasteiger charge is 2.51. The molecule has 0 aromatic heterocycles. The molecule has 2 aromatic rings. The molecule has 6 nitrogen and oxygen atoms in total. The summed E-state index contributed by atoms with van der Waals surface area (Å²) in [5.74, 6) is -0.936. The van der Waals surface area contributed by atoms with Crippen LogP contribution < -0.4 is 0 Å². The molecule has 0 aliphatic carbocycles. The maximum absolute atomic E-state index is 13.2. The van der Waals surface area contributed by atoms with Gasteiger partial charge in [-0.15, -0.1) is 0 Å². The first-order valence-corrected chi connectivity index (χ1v) is 8.69. The molecule has 1 heterocycles. The van der Waals surface area contributed by atoms with E-state index in [0.29, 0.717) is 11.1 Å².